The number of benzene rings is 1. The summed E-state index contributed by atoms with van der Waals surface area (Å²) < 4.78 is 0.833. The quantitative estimate of drug-likeness (QED) is 0.894. The van der Waals surface area contributed by atoms with Crippen molar-refractivity contribution in [2.24, 2.45) is 0 Å². The predicted molar refractivity (Wildman–Crippen MR) is 57.7 cm³/mol. The van der Waals surface area contributed by atoms with Gasteiger partial charge >= 0.3 is 5.97 Å². The molecule has 0 saturated heterocycles. The van der Waals surface area contributed by atoms with Gasteiger partial charge in [-0.1, -0.05) is 28.1 Å². The molecular formula is C11H9BrO3. The average molecular weight is 269 g/mol. The van der Waals surface area contributed by atoms with Crippen molar-refractivity contribution in [2.75, 3.05) is 0 Å². The maximum atomic E-state index is 11.2. The van der Waals surface area contributed by atoms with Crippen molar-refractivity contribution in [3.63, 3.8) is 0 Å². The van der Waals surface area contributed by atoms with E-state index in [1.165, 1.54) is 0 Å². The third-order valence-electron chi connectivity index (χ3n) is 2.78. The van der Waals surface area contributed by atoms with Crippen LogP contribution in [0.15, 0.2) is 28.7 Å². The van der Waals surface area contributed by atoms with Crippen molar-refractivity contribution in [2.45, 2.75) is 18.3 Å². The number of carboxylic acids is 1. The Labute approximate surface area is 95.2 Å². The van der Waals surface area contributed by atoms with Gasteiger partial charge in [-0.15, -0.1) is 0 Å². The fourth-order valence-corrected chi connectivity index (χ4v) is 2.29. The molecule has 1 aliphatic carbocycles. The molecule has 0 spiro atoms. The van der Waals surface area contributed by atoms with Crippen molar-refractivity contribution in [1.82, 2.24) is 0 Å². The first-order valence-corrected chi connectivity index (χ1v) is 5.35. The number of Topliss-reactive ketones (excluding diaryl/α,β-unsaturated/α-hetero) is 1. The summed E-state index contributed by atoms with van der Waals surface area (Å²) in [6.07, 6.45) is 0.220. The second-order valence-corrected chi connectivity index (χ2v) is 4.71. The third kappa shape index (κ3) is 1.59. The van der Waals surface area contributed by atoms with E-state index in [4.69, 9.17) is 0 Å². The van der Waals surface area contributed by atoms with Crippen LogP contribution >= 0.6 is 15.9 Å². The van der Waals surface area contributed by atoms with E-state index in [1.807, 2.05) is 6.07 Å². The molecule has 3 nitrogen and oxygen atoms in total. The van der Waals surface area contributed by atoms with Crippen molar-refractivity contribution < 1.29 is 14.7 Å². The Morgan fingerprint density at radius 1 is 1.40 bits per heavy atom. The highest BCUT2D eigenvalue weighted by Crippen LogP contribution is 2.42. The summed E-state index contributed by atoms with van der Waals surface area (Å²) in [5.41, 5.74) is -0.287. The van der Waals surface area contributed by atoms with Crippen LogP contribution in [-0.2, 0) is 15.0 Å². The van der Waals surface area contributed by atoms with E-state index in [-0.39, 0.29) is 18.6 Å². The van der Waals surface area contributed by atoms with E-state index in [2.05, 4.69) is 15.9 Å². The SMILES string of the molecule is O=C1CC(C(=O)O)(c2cccc(Br)c2)C1. The molecule has 0 atom stereocenters. The molecule has 0 aromatic heterocycles. The summed E-state index contributed by atoms with van der Waals surface area (Å²) in [7, 11) is 0. The van der Waals surface area contributed by atoms with Crippen molar-refractivity contribution in [3.8, 4) is 0 Å². The lowest BCUT2D eigenvalue weighted by Gasteiger charge is -2.36. The van der Waals surface area contributed by atoms with Gasteiger partial charge in [-0.05, 0) is 17.7 Å². The smallest absolute Gasteiger partial charge is 0.315 e. The summed E-state index contributed by atoms with van der Waals surface area (Å²) >= 11 is 3.29. The van der Waals surface area contributed by atoms with Crippen LogP contribution in [0.2, 0.25) is 0 Å². The standard InChI is InChI=1S/C11H9BrO3/c12-8-3-1-2-7(4-8)11(10(14)15)5-9(13)6-11/h1-4H,5-6H2,(H,14,15). The molecule has 1 fully saturated rings. The number of carbonyl (C=O) groups excluding carboxylic acids is 1. The number of hydrogen-bond acceptors (Lipinski definition) is 2. The highest BCUT2D eigenvalue weighted by atomic mass is 79.9. The fourth-order valence-electron chi connectivity index (χ4n) is 1.89. The van der Waals surface area contributed by atoms with Gasteiger partial charge in [0, 0.05) is 17.3 Å². The highest BCUT2D eigenvalue weighted by molar-refractivity contribution is 9.10. The zero-order valence-corrected chi connectivity index (χ0v) is 9.45. The molecule has 0 amide bonds. The number of carbonyl (C=O) groups is 2. The zero-order valence-electron chi connectivity index (χ0n) is 7.87. The lowest BCUT2D eigenvalue weighted by molar-refractivity contribution is -0.153. The fraction of sp³-hybridized carbons (Fsp3) is 0.273. The molecule has 78 valence electrons. The highest BCUT2D eigenvalue weighted by Gasteiger charge is 2.51. The molecule has 4 heteroatoms. The van der Waals surface area contributed by atoms with E-state index >= 15 is 0 Å². The van der Waals surface area contributed by atoms with Crippen LogP contribution in [0.1, 0.15) is 18.4 Å². The largest absolute Gasteiger partial charge is 0.481 e. The second-order valence-electron chi connectivity index (χ2n) is 3.79. The number of rotatable bonds is 2. The monoisotopic (exact) mass is 268 g/mol. The second kappa shape index (κ2) is 3.45. The third-order valence-corrected chi connectivity index (χ3v) is 3.28. The molecule has 15 heavy (non-hydrogen) atoms. The maximum Gasteiger partial charge on any atom is 0.315 e. The van der Waals surface area contributed by atoms with Crippen LogP contribution in [0.25, 0.3) is 0 Å². The first-order valence-electron chi connectivity index (χ1n) is 4.56. The van der Waals surface area contributed by atoms with Gasteiger partial charge in [0.15, 0.2) is 0 Å². The molecular weight excluding hydrogens is 260 g/mol. The van der Waals surface area contributed by atoms with Crippen LogP contribution in [0.3, 0.4) is 0 Å². The predicted octanol–water partition coefficient (Wildman–Crippen LogP) is 2.13. The van der Waals surface area contributed by atoms with Crippen molar-refractivity contribution in [3.05, 3.63) is 34.3 Å². The molecule has 0 heterocycles. The molecule has 0 aliphatic heterocycles. The Morgan fingerprint density at radius 3 is 2.53 bits per heavy atom. The Balaban J connectivity index is 2.43. The number of ketones is 1. The zero-order chi connectivity index (χ0) is 11.1. The van der Waals surface area contributed by atoms with E-state index in [0.717, 1.165) is 4.47 Å². The lowest BCUT2D eigenvalue weighted by Crippen LogP contribution is -2.48. The summed E-state index contributed by atoms with van der Waals surface area (Å²) in [6, 6.07) is 7.14. The van der Waals surface area contributed by atoms with E-state index in [0.29, 0.717) is 5.56 Å². The van der Waals surface area contributed by atoms with E-state index < -0.39 is 11.4 Å². The van der Waals surface area contributed by atoms with Crippen LogP contribution in [-0.4, -0.2) is 16.9 Å². The van der Waals surface area contributed by atoms with Crippen LogP contribution < -0.4 is 0 Å². The van der Waals surface area contributed by atoms with Crippen LogP contribution in [0, 0.1) is 0 Å². The first kappa shape index (κ1) is 10.4. The molecule has 0 bridgehead atoms. The summed E-state index contributed by atoms with van der Waals surface area (Å²) in [5, 5.41) is 9.18. The number of carboxylic acid groups (broad SMARTS) is 1. The summed E-state index contributed by atoms with van der Waals surface area (Å²) in [6.45, 7) is 0. The molecule has 1 N–H and O–H groups in total. The van der Waals surface area contributed by atoms with Crippen LogP contribution in [0.4, 0.5) is 0 Å². The van der Waals surface area contributed by atoms with Crippen LogP contribution in [0.5, 0.6) is 0 Å². The minimum atomic E-state index is -0.985. The van der Waals surface area contributed by atoms with Gasteiger partial charge in [-0.2, -0.15) is 0 Å². The summed E-state index contributed by atoms with van der Waals surface area (Å²) in [4.78, 5) is 22.2. The Bertz CT molecular complexity index is 431. The normalized spacial score (nSPS) is 18.3. The first-order chi connectivity index (χ1) is 7.04. The topological polar surface area (TPSA) is 54.4 Å². The maximum absolute atomic E-state index is 11.2. The van der Waals surface area contributed by atoms with E-state index in [9.17, 15) is 14.7 Å². The number of aliphatic carboxylic acids is 1. The lowest BCUT2D eigenvalue weighted by atomic mass is 9.64. The van der Waals surface area contributed by atoms with Gasteiger partial charge in [0.05, 0.1) is 0 Å². The molecule has 1 aromatic rings. The van der Waals surface area contributed by atoms with Gasteiger partial charge < -0.3 is 5.11 Å². The molecule has 0 radical (unpaired) electrons. The Hall–Kier alpha value is -1.16. The van der Waals surface area contributed by atoms with Crippen molar-refractivity contribution >= 4 is 27.7 Å². The molecule has 1 aromatic carbocycles. The Kier molecular flexibility index (Phi) is 2.38. The molecule has 1 aliphatic rings. The Morgan fingerprint density at radius 2 is 2.07 bits per heavy atom. The van der Waals surface area contributed by atoms with E-state index in [1.54, 1.807) is 18.2 Å². The number of halogens is 1. The molecule has 1 saturated carbocycles. The van der Waals surface area contributed by atoms with Gasteiger partial charge in [-0.25, -0.2) is 0 Å². The molecule has 2 rings (SSSR count). The van der Waals surface area contributed by atoms with Gasteiger partial charge in [0.1, 0.15) is 11.2 Å². The average Bonchev–Trinajstić information content (AvgIpc) is 2.12. The minimum absolute atomic E-state index is 0.0115. The van der Waals surface area contributed by atoms with Gasteiger partial charge in [0.2, 0.25) is 0 Å². The van der Waals surface area contributed by atoms with Gasteiger partial charge in [-0.3, -0.25) is 9.59 Å². The number of hydrogen-bond donors (Lipinski definition) is 1. The van der Waals surface area contributed by atoms with Crippen molar-refractivity contribution in [1.29, 1.82) is 0 Å². The summed E-state index contributed by atoms with van der Waals surface area (Å²) in [5.74, 6) is -0.905. The minimum Gasteiger partial charge on any atom is -0.481 e. The molecule has 0 unspecified atom stereocenters. The van der Waals surface area contributed by atoms with Gasteiger partial charge in [0.25, 0.3) is 0 Å².